The molecule has 0 unspecified atom stereocenters. The van der Waals surface area contributed by atoms with Crippen molar-refractivity contribution in [2.24, 2.45) is 0 Å². The Hall–Kier alpha value is -3.43. The van der Waals surface area contributed by atoms with Crippen LogP contribution in [0.2, 0.25) is 0 Å². The van der Waals surface area contributed by atoms with Gasteiger partial charge in [0.1, 0.15) is 11.6 Å². The number of ether oxygens (including phenoxy) is 3. The summed E-state index contributed by atoms with van der Waals surface area (Å²) in [6, 6.07) is 10.7. The molecule has 170 valence electrons. The van der Waals surface area contributed by atoms with Gasteiger partial charge in [-0.1, -0.05) is 12.1 Å². The van der Waals surface area contributed by atoms with E-state index in [0.29, 0.717) is 43.1 Å². The summed E-state index contributed by atoms with van der Waals surface area (Å²) in [5, 5.41) is 0.474. The zero-order chi connectivity index (χ0) is 22.9. The van der Waals surface area contributed by atoms with E-state index >= 15 is 0 Å². The summed E-state index contributed by atoms with van der Waals surface area (Å²) in [6.07, 6.45) is -4.67. The number of aromatic nitrogens is 2. The van der Waals surface area contributed by atoms with Gasteiger partial charge in [-0.2, -0.15) is 13.2 Å². The molecular formula is C22H23F3N4O3. The summed E-state index contributed by atoms with van der Waals surface area (Å²) in [4.78, 5) is 11.6. The van der Waals surface area contributed by atoms with Crippen molar-refractivity contribution in [3.05, 3.63) is 42.2 Å². The zero-order valence-electron chi connectivity index (χ0n) is 17.9. The van der Waals surface area contributed by atoms with E-state index in [-0.39, 0.29) is 11.3 Å². The lowest BCUT2D eigenvalue weighted by Crippen LogP contribution is -2.47. The molecule has 10 heteroatoms. The van der Waals surface area contributed by atoms with Crippen LogP contribution in [-0.4, -0.2) is 57.5 Å². The lowest BCUT2D eigenvalue weighted by molar-refractivity contribution is -0.144. The number of benzene rings is 2. The number of halogens is 3. The number of anilines is 2. The van der Waals surface area contributed by atoms with Crippen molar-refractivity contribution in [2.75, 3.05) is 57.3 Å². The van der Waals surface area contributed by atoms with Crippen LogP contribution in [0.5, 0.6) is 17.2 Å². The third-order valence-electron chi connectivity index (χ3n) is 5.44. The van der Waals surface area contributed by atoms with Crippen molar-refractivity contribution in [3.63, 3.8) is 0 Å². The van der Waals surface area contributed by atoms with E-state index in [1.807, 2.05) is 29.2 Å². The highest BCUT2D eigenvalue weighted by atomic mass is 19.4. The number of alkyl halides is 3. The molecule has 3 aromatic rings. The molecule has 0 N–H and O–H groups in total. The van der Waals surface area contributed by atoms with Crippen LogP contribution in [0.15, 0.2) is 36.4 Å². The zero-order valence-corrected chi connectivity index (χ0v) is 17.9. The molecule has 0 saturated carbocycles. The Bertz CT molecular complexity index is 1120. The van der Waals surface area contributed by atoms with Crippen LogP contribution in [0.4, 0.5) is 24.7 Å². The van der Waals surface area contributed by atoms with E-state index in [9.17, 15) is 13.2 Å². The molecule has 0 amide bonds. The summed E-state index contributed by atoms with van der Waals surface area (Å²) in [6.45, 7) is 2.16. The van der Waals surface area contributed by atoms with Gasteiger partial charge in [0, 0.05) is 37.6 Å². The molecule has 1 saturated heterocycles. The van der Waals surface area contributed by atoms with Crippen molar-refractivity contribution >= 4 is 22.4 Å². The van der Waals surface area contributed by atoms with Gasteiger partial charge in [-0.05, 0) is 18.2 Å². The van der Waals surface area contributed by atoms with Crippen LogP contribution in [0, 0.1) is 0 Å². The Balaban J connectivity index is 1.72. The fraction of sp³-hybridized carbons (Fsp3) is 0.364. The number of nitrogens with zero attached hydrogens (tertiary/aromatic N) is 4. The number of rotatable bonds is 5. The fourth-order valence-electron chi connectivity index (χ4n) is 3.86. The number of piperazine rings is 1. The third-order valence-corrected chi connectivity index (χ3v) is 5.44. The molecule has 0 spiro atoms. The molecule has 0 atom stereocenters. The largest absolute Gasteiger partial charge is 0.495 e. The second-order valence-corrected chi connectivity index (χ2v) is 7.24. The summed E-state index contributed by atoms with van der Waals surface area (Å²) in [5.74, 6) is 0.503. The fourth-order valence-corrected chi connectivity index (χ4v) is 3.86. The number of fused-ring (bicyclic) bond motifs is 1. The van der Waals surface area contributed by atoms with E-state index in [1.54, 1.807) is 13.2 Å². The van der Waals surface area contributed by atoms with Gasteiger partial charge in [-0.15, -0.1) is 0 Å². The number of methoxy groups -OCH3 is 3. The van der Waals surface area contributed by atoms with Gasteiger partial charge >= 0.3 is 6.18 Å². The van der Waals surface area contributed by atoms with Crippen molar-refractivity contribution in [2.45, 2.75) is 6.18 Å². The average Bonchev–Trinajstić information content (AvgIpc) is 2.81. The van der Waals surface area contributed by atoms with E-state index in [4.69, 9.17) is 14.2 Å². The first-order valence-electron chi connectivity index (χ1n) is 9.99. The normalized spacial score (nSPS) is 14.6. The van der Waals surface area contributed by atoms with Crippen LogP contribution in [-0.2, 0) is 6.18 Å². The molecule has 4 rings (SSSR count). The van der Waals surface area contributed by atoms with Gasteiger partial charge in [0.05, 0.1) is 32.5 Å². The highest BCUT2D eigenvalue weighted by molar-refractivity contribution is 5.92. The lowest BCUT2D eigenvalue weighted by Gasteiger charge is -2.37. The van der Waals surface area contributed by atoms with Gasteiger partial charge in [0.15, 0.2) is 11.5 Å². The minimum atomic E-state index is -4.67. The highest BCUT2D eigenvalue weighted by Gasteiger charge is 2.36. The Labute approximate surface area is 183 Å². The summed E-state index contributed by atoms with van der Waals surface area (Å²) in [5.41, 5.74) is 1.09. The molecule has 1 aliphatic heterocycles. The van der Waals surface area contributed by atoms with E-state index < -0.39 is 12.0 Å². The molecule has 2 aromatic carbocycles. The van der Waals surface area contributed by atoms with Crippen molar-refractivity contribution in [1.29, 1.82) is 0 Å². The van der Waals surface area contributed by atoms with Crippen LogP contribution >= 0.6 is 0 Å². The number of hydrogen-bond acceptors (Lipinski definition) is 7. The second-order valence-electron chi connectivity index (χ2n) is 7.24. The Morgan fingerprint density at radius 3 is 2.00 bits per heavy atom. The molecule has 0 radical (unpaired) electrons. The summed E-state index contributed by atoms with van der Waals surface area (Å²) < 4.78 is 56.6. The van der Waals surface area contributed by atoms with E-state index in [0.717, 1.165) is 11.4 Å². The molecular weight excluding hydrogens is 425 g/mol. The van der Waals surface area contributed by atoms with Crippen LogP contribution < -0.4 is 24.0 Å². The van der Waals surface area contributed by atoms with E-state index in [1.165, 1.54) is 20.3 Å². The minimum Gasteiger partial charge on any atom is -0.495 e. The second kappa shape index (κ2) is 8.60. The predicted molar refractivity (Wildman–Crippen MR) is 115 cm³/mol. The average molecular weight is 448 g/mol. The molecule has 1 aliphatic rings. The monoisotopic (exact) mass is 448 g/mol. The summed E-state index contributed by atoms with van der Waals surface area (Å²) >= 11 is 0. The molecule has 7 nitrogen and oxygen atoms in total. The summed E-state index contributed by atoms with van der Waals surface area (Å²) in [7, 11) is 4.51. The highest BCUT2D eigenvalue weighted by Crippen LogP contribution is 2.38. The van der Waals surface area contributed by atoms with Gasteiger partial charge in [0.25, 0.3) is 0 Å². The standard InChI is InChI=1S/C22H23F3N4O3/c1-30-17-7-5-4-6-16(17)28-8-10-29(11-9-28)20-14-12-18(31-2)19(32-3)13-15(14)26-21(27-20)22(23,24)25/h4-7,12-13H,8-11H2,1-3H3. The predicted octanol–water partition coefficient (Wildman–Crippen LogP) is 4.00. The van der Waals surface area contributed by atoms with Crippen molar-refractivity contribution in [1.82, 2.24) is 9.97 Å². The third kappa shape index (κ3) is 4.04. The molecule has 0 aliphatic carbocycles. The first kappa shape index (κ1) is 21.8. The molecule has 1 aromatic heterocycles. The maximum atomic E-state index is 13.5. The van der Waals surface area contributed by atoms with E-state index in [2.05, 4.69) is 14.9 Å². The van der Waals surface area contributed by atoms with Gasteiger partial charge in [-0.25, -0.2) is 9.97 Å². The first-order valence-corrected chi connectivity index (χ1v) is 9.99. The SMILES string of the molecule is COc1cc2nc(C(F)(F)F)nc(N3CCN(c4ccccc4OC)CC3)c2cc1OC. The smallest absolute Gasteiger partial charge is 0.451 e. The number of hydrogen-bond donors (Lipinski definition) is 0. The van der Waals surface area contributed by atoms with Crippen molar-refractivity contribution < 1.29 is 27.4 Å². The topological polar surface area (TPSA) is 60.0 Å². The quantitative estimate of drug-likeness (QED) is 0.585. The molecule has 32 heavy (non-hydrogen) atoms. The van der Waals surface area contributed by atoms with Gasteiger partial charge in [0.2, 0.25) is 5.82 Å². The van der Waals surface area contributed by atoms with Gasteiger partial charge < -0.3 is 24.0 Å². The van der Waals surface area contributed by atoms with Crippen LogP contribution in [0.25, 0.3) is 10.9 Å². The Morgan fingerprint density at radius 2 is 1.38 bits per heavy atom. The molecule has 1 fully saturated rings. The molecule has 0 bridgehead atoms. The maximum Gasteiger partial charge on any atom is 0.451 e. The van der Waals surface area contributed by atoms with Crippen LogP contribution in [0.1, 0.15) is 5.82 Å². The minimum absolute atomic E-state index is 0.145. The Kier molecular flexibility index (Phi) is 5.86. The maximum absolute atomic E-state index is 13.5. The van der Waals surface area contributed by atoms with Crippen LogP contribution in [0.3, 0.4) is 0 Å². The number of para-hydroxylation sites is 2. The van der Waals surface area contributed by atoms with Crippen molar-refractivity contribution in [3.8, 4) is 17.2 Å². The lowest BCUT2D eigenvalue weighted by atomic mass is 10.1. The Morgan fingerprint density at radius 1 is 0.781 bits per heavy atom. The first-order chi connectivity index (χ1) is 15.4. The van der Waals surface area contributed by atoms with Gasteiger partial charge in [-0.3, -0.25) is 0 Å². The molecule has 2 heterocycles.